The molecular formula is C26H27N5O2. The molecule has 7 heteroatoms. The van der Waals surface area contributed by atoms with Crippen molar-refractivity contribution < 1.29 is 9.59 Å². The molecule has 0 bridgehead atoms. The third-order valence-electron chi connectivity index (χ3n) is 6.37. The molecule has 5 rings (SSSR count). The van der Waals surface area contributed by atoms with Crippen LogP contribution in [0.5, 0.6) is 0 Å². The number of nitrogens with one attached hydrogen (secondary N) is 1. The second-order valence-corrected chi connectivity index (χ2v) is 8.51. The Bertz CT molecular complexity index is 1230. The van der Waals surface area contributed by atoms with Gasteiger partial charge in [-0.15, -0.1) is 0 Å². The fourth-order valence-electron chi connectivity index (χ4n) is 4.72. The minimum absolute atomic E-state index is 0.00779. The van der Waals surface area contributed by atoms with Crippen LogP contribution in [0.25, 0.3) is 10.8 Å². The molecule has 1 saturated heterocycles. The highest BCUT2D eigenvalue weighted by Crippen LogP contribution is 2.33. The molecule has 0 saturated carbocycles. The highest BCUT2D eigenvalue weighted by Gasteiger charge is 2.42. The maximum absolute atomic E-state index is 13.2. The maximum atomic E-state index is 13.2. The van der Waals surface area contributed by atoms with Crippen molar-refractivity contribution in [3.63, 3.8) is 0 Å². The van der Waals surface area contributed by atoms with Gasteiger partial charge in [-0.05, 0) is 54.3 Å². The lowest BCUT2D eigenvalue weighted by atomic mass is 9.96. The van der Waals surface area contributed by atoms with Crippen molar-refractivity contribution in [3.8, 4) is 0 Å². The summed E-state index contributed by atoms with van der Waals surface area (Å²) < 4.78 is 0. The topological polar surface area (TPSA) is 68.2 Å². The quantitative estimate of drug-likeness (QED) is 0.657. The average molecular weight is 442 g/mol. The summed E-state index contributed by atoms with van der Waals surface area (Å²) in [6.45, 7) is 4.36. The van der Waals surface area contributed by atoms with E-state index < -0.39 is 6.04 Å². The van der Waals surface area contributed by atoms with Gasteiger partial charge >= 0.3 is 0 Å². The molecule has 2 atom stereocenters. The molecule has 3 aromatic rings. The number of aryl methyl sites for hydroxylation is 1. The first kappa shape index (κ1) is 21.2. The summed E-state index contributed by atoms with van der Waals surface area (Å²) in [5.41, 5.74) is 6.48. The van der Waals surface area contributed by atoms with E-state index in [-0.39, 0.29) is 24.4 Å². The maximum Gasteiger partial charge on any atom is 0.267 e. The van der Waals surface area contributed by atoms with Gasteiger partial charge in [-0.1, -0.05) is 54.6 Å². The summed E-state index contributed by atoms with van der Waals surface area (Å²) in [7, 11) is 0. The Hall–Kier alpha value is -3.71. The predicted octanol–water partition coefficient (Wildman–Crippen LogP) is 3.61. The van der Waals surface area contributed by atoms with Crippen molar-refractivity contribution in [2.45, 2.75) is 32.4 Å². The van der Waals surface area contributed by atoms with E-state index in [1.165, 1.54) is 15.8 Å². The molecular weight excluding hydrogens is 414 g/mol. The van der Waals surface area contributed by atoms with Crippen LogP contribution in [-0.4, -0.2) is 47.3 Å². The lowest BCUT2D eigenvalue weighted by molar-refractivity contribution is -0.139. The van der Waals surface area contributed by atoms with E-state index in [1.807, 2.05) is 56.3 Å². The molecule has 0 aromatic heterocycles. The van der Waals surface area contributed by atoms with Crippen LogP contribution in [-0.2, 0) is 9.59 Å². The first-order valence-electron chi connectivity index (χ1n) is 11.3. The van der Waals surface area contributed by atoms with E-state index in [0.29, 0.717) is 13.0 Å². The molecule has 2 heterocycles. The number of hydrogen-bond donors (Lipinski definition) is 1. The second kappa shape index (κ2) is 8.67. The van der Waals surface area contributed by atoms with Crippen LogP contribution in [0.3, 0.4) is 0 Å². The second-order valence-electron chi connectivity index (χ2n) is 8.51. The molecule has 3 aromatic carbocycles. The minimum Gasteiger partial charge on any atom is -0.311 e. The van der Waals surface area contributed by atoms with Crippen molar-refractivity contribution in [2.75, 3.05) is 18.0 Å². The van der Waals surface area contributed by atoms with Gasteiger partial charge in [0.05, 0.1) is 6.04 Å². The van der Waals surface area contributed by atoms with Crippen LogP contribution in [0, 0.1) is 6.92 Å². The van der Waals surface area contributed by atoms with Crippen LogP contribution >= 0.6 is 0 Å². The highest BCUT2D eigenvalue weighted by atomic mass is 16.2. The number of carbonyl (C=O) groups excluding carboxylic acids is 2. The number of hydrazine groups is 1. The monoisotopic (exact) mass is 441 g/mol. The number of likely N-dealkylation sites (N-methyl/N-ethyl adjacent to an activating group) is 1. The SMILES string of the molecule is CCN(C(=O)CN1N=CN2NC(c3cccc4ccccc34)CC2C1=O)c1cccc(C)c1. The first-order chi connectivity index (χ1) is 16.0. The number of hydrazone groups is 1. The fourth-order valence-corrected chi connectivity index (χ4v) is 4.72. The Kier molecular flexibility index (Phi) is 5.56. The van der Waals surface area contributed by atoms with Gasteiger partial charge in [-0.2, -0.15) is 5.10 Å². The molecule has 0 radical (unpaired) electrons. The van der Waals surface area contributed by atoms with Gasteiger partial charge in [-0.25, -0.2) is 10.4 Å². The van der Waals surface area contributed by atoms with E-state index in [4.69, 9.17) is 0 Å². The minimum atomic E-state index is -0.395. The molecule has 168 valence electrons. The number of carbonyl (C=O) groups is 2. The first-order valence-corrected chi connectivity index (χ1v) is 11.3. The van der Waals surface area contributed by atoms with Crippen molar-refractivity contribution >= 4 is 34.6 Å². The molecule has 2 unspecified atom stereocenters. The highest BCUT2D eigenvalue weighted by molar-refractivity contribution is 5.98. The smallest absolute Gasteiger partial charge is 0.267 e. The Morgan fingerprint density at radius 1 is 1.12 bits per heavy atom. The molecule has 2 aliphatic heterocycles. The Morgan fingerprint density at radius 2 is 1.91 bits per heavy atom. The Labute approximate surface area is 193 Å². The summed E-state index contributed by atoms with van der Waals surface area (Å²) in [6, 6.07) is 21.9. The van der Waals surface area contributed by atoms with Gasteiger partial charge in [0.2, 0.25) is 5.91 Å². The summed E-state index contributed by atoms with van der Waals surface area (Å²) >= 11 is 0. The standard InChI is InChI=1S/C26H27N5O2/c1-3-29(20-11-6-8-18(2)14-20)25(32)16-30-26(33)24-15-23(28-31(24)17-27-30)22-13-7-10-19-9-4-5-12-21(19)22/h4-14,17,23-24,28H,3,15-16H2,1-2H3. The van der Waals surface area contributed by atoms with E-state index in [2.05, 4.69) is 34.8 Å². The number of hydrogen-bond acceptors (Lipinski definition) is 5. The largest absolute Gasteiger partial charge is 0.311 e. The number of fused-ring (bicyclic) bond motifs is 2. The third kappa shape index (κ3) is 3.96. The molecule has 0 spiro atoms. The van der Waals surface area contributed by atoms with E-state index >= 15 is 0 Å². The zero-order valence-electron chi connectivity index (χ0n) is 18.8. The zero-order chi connectivity index (χ0) is 22.9. The summed E-state index contributed by atoms with van der Waals surface area (Å²) in [5, 5.41) is 9.70. The van der Waals surface area contributed by atoms with E-state index in [9.17, 15) is 9.59 Å². The number of benzene rings is 3. The zero-order valence-corrected chi connectivity index (χ0v) is 18.8. The van der Waals surface area contributed by atoms with Crippen LogP contribution in [0.4, 0.5) is 5.69 Å². The average Bonchev–Trinajstić information content (AvgIpc) is 3.26. The predicted molar refractivity (Wildman–Crippen MR) is 129 cm³/mol. The van der Waals surface area contributed by atoms with Gasteiger partial charge in [0, 0.05) is 12.2 Å². The van der Waals surface area contributed by atoms with E-state index in [1.54, 1.807) is 16.2 Å². The van der Waals surface area contributed by atoms with Gasteiger partial charge in [0.15, 0.2) is 0 Å². The lowest BCUT2D eigenvalue weighted by Gasteiger charge is -2.31. The van der Waals surface area contributed by atoms with E-state index in [0.717, 1.165) is 16.8 Å². The number of rotatable bonds is 5. The van der Waals surface area contributed by atoms with Crippen LogP contribution in [0.1, 0.15) is 30.5 Å². The van der Waals surface area contributed by atoms with Gasteiger partial charge in [-0.3, -0.25) is 14.6 Å². The van der Waals surface area contributed by atoms with Gasteiger partial charge < -0.3 is 4.90 Å². The molecule has 7 nitrogen and oxygen atoms in total. The number of amides is 2. The van der Waals surface area contributed by atoms with Crippen LogP contribution in [0.2, 0.25) is 0 Å². The van der Waals surface area contributed by atoms with Crippen molar-refractivity contribution in [1.82, 2.24) is 15.4 Å². The summed E-state index contributed by atoms with van der Waals surface area (Å²) in [5.74, 6) is -0.319. The summed E-state index contributed by atoms with van der Waals surface area (Å²) in [4.78, 5) is 28.0. The summed E-state index contributed by atoms with van der Waals surface area (Å²) in [6.07, 6.45) is 2.23. The molecule has 33 heavy (non-hydrogen) atoms. The van der Waals surface area contributed by atoms with Crippen molar-refractivity contribution in [2.24, 2.45) is 5.10 Å². The molecule has 2 aliphatic rings. The number of anilines is 1. The molecule has 0 aliphatic carbocycles. The van der Waals surface area contributed by atoms with Crippen molar-refractivity contribution in [3.05, 3.63) is 77.9 Å². The van der Waals surface area contributed by atoms with Gasteiger partial charge in [0.25, 0.3) is 5.91 Å². The van der Waals surface area contributed by atoms with Gasteiger partial charge in [0.1, 0.15) is 18.9 Å². The van der Waals surface area contributed by atoms with Crippen molar-refractivity contribution in [1.29, 1.82) is 0 Å². The Morgan fingerprint density at radius 3 is 2.73 bits per heavy atom. The van der Waals surface area contributed by atoms with Crippen LogP contribution in [0.15, 0.2) is 71.8 Å². The lowest BCUT2D eigenvalue weighted by Crippen LogP contribution is -2.52. The normalized spacial score (nSPS) is 19.8. The molecule has 1 N–H and O–H groups in total. The third-order valence-corrected chi connectivity index (χ3v) is 6.37. The fraction of sp³-hybridized carbons (Fsp3) is 0.269. The number of nitrogens with zero attached hydrogens (tertiary/aromatic N) is 4. The van der Waals surface area contributed by atoms with Crippen LogP contribution < -0.4 is 10.3 Å². The molecule has 1 fully saturated rings. The molecule has 2 amide bonds. The Balaban J connectivity index is 1.32.